The highest BCUT2D eigenvalue weighted by Gasteiger charge is 2.34. The number of anilines is 1. The van der Waals surface area contributed by atoms with Gasteiger partial charge in [0.2, 0.25) is 0 Å². The monoisotopic (exact) mass is 382 g/mol. The van der Waals surface area contributed by atoms with Crippen LogP contribution in [-0.4, -0.2) is 40.5 Å². The quantitative estimate of drug-likeness (QED) is 0.631. The number of nitrogens with zero attached hydrogens (tertiary/aromatic N) is 3. The summed E-state index contributed by atoms with van der Waals surface area (Å²) < 4.78 is 50.9. The molecule has 2 aromatic heterocycles. The highest BCUT2D eigenvalue weighted by atomic mass is 19.4. The maximum Gasteiger partial charge on any atom is 0.418 e. The van der Waals surface area contributed by atoms with E-state index in [1.165, 1.54) is 13.2 Å². The van der Waals surface area contributed by atoms with E-state index < -0.39 is 11.7 Å². The summed E-state index contributed by atoms with van der Waals surface area (Å²) >= 11 is 0. The lowest BCUT2D eigenvalue weighted by molar-refractivity contribution is -0.136. The predicted octanol–water partition coefficient (Wildman–Crippen LogP) is 3.41. The van der Waals surface area contributed by atoms with E-state index in [4.69, 9.17) is 14.3 Å². The standard InChI is InChI=1S/C17H17F3N4O3/c1-9-6-13(15-23-24-16(27-15)21-4-3-5-25)22-14-11(9)7-10(26-2)8-12(14)17(18,19)20/h6-8,25H,3-5H2,1-2H3,(H,21,24). The molecule has 0 saturated carbocycles. The van der Waals surface area contributed by atoms with Gasteiger partial charge >= 0.3 is 12.2 Å². The summed E-state index contributed by atoms with van der Waals surface area (Å²) in [5, 5.41) is 19.5. The second-order valence-electron chi connectivity index (χ2n) is 5.81. The number of benzene rings is 1. The summed E-state index contributed by atoms with van der Waals surface area (Å²) in [4.78, 5) is 4.12. The molecule has 7 nitrogen and oxygen atoms in total. The van der Waals surface area contributed by atoms with E-state index in [1.54, 1.807) is 13.0 Å². The topological polar surface area (TPSA) is 93.3 Å². The van der Waals surface area contributed by atoms with E-state index in [-0.39, 0.29) is 35.5 Å². The number of aliphatic hydroxyl groups excluding tert-OH is 1. The normalized spacial score (nSPS) is 11.8. The van der Waals surface area contributed by atoms with Crippen molar-refractivity contribution in [2.75, 3.05) is 25.6 Å². The molecule has 0 aliphatic rings. The fraction of sp³-hybridized carbons (Fsp3) is 0.353. The van der Waals surface area contributed by atoms with Crippen LogP contribution in [0.2, 0.25) is 0 Å². The Kier molecular flexibility index (Phi) is 5.17. The van der Waals surface area contributed by atoms with Crippen LogP contribution < -0.4 is 10.1 Å². The van der Waals surface area contributed by atoms with Crippen LogP contribution in [0.4, 0.5) is 19.2 Å². The first-order valence-electron chi connectivity index (χ1n) is 8.08. The van der Waals surface area contributed by atoms with Crippen LogP contribution in [0, 0.1) is 6.92 Å². The molecule has 0 fully saturated rings. The molecular formula is C17H17F3N4O3. The number of rotatable bonds is 6. The van der Waals surface area contributed by atoms with Gasteiger partial charge < -0.3 is 19.6 Å². The van der Waals surface area contributed by atoms with Crippen molar-refractivity contribution in [3.05, 3.63) is 29.3 Å². The Morgan fingerprint density at radius 2 is 2.00 bits per heavy atom. The average molecular weight is 382 g/mol. The van der Waals surface area contributed by atoms with E-state index in [1.807, 2.05) is 0 Å². The summed E-state index contributed by atoms with van der Waals surface area (Å²) in [5.74, 6) is 0.0936. The Hall–Kier alpha value is -2.88. The van der Waals surface area contributed by atoms with Gasteiger partial charge in [0.05, 0.1) is 18.2 Å². The molecule has 27 heavy (non-hydrogen) atoms. The van der Waals surface area contributed by atoms with Crippen molar-refractivity contribution in [1.29, 1.82) is 0 Å². The number of aryl methyl sites for hydroxylation is 1. The minimum atomic E-state index is -4.60. The Morgan fingerprint density at radius 3 is 2.67 bits per heavy atom. The van der Waals surface area contributed by atoms with Gasteiger partial charge in [0.25, 0.3) is 5.89 Å². The molecule has 0 atom stereocenters. The van der Waals surface area contributed by atoms with Gasteiger partial charge in [0.1, 0.15) is 11.4 Å². The molecule has 2 N–H and O–H groups in total. The van der Waals surface area contributed by atoms with Gasteiger partial charge in [-0.25, -0.2) is 4.98 Å². The lowest BCUT2D eigenvalue weighted by Crippen LogP contribution is -2.08. The number of alkyl halides is 3. The van der Waals surface area contributed by atoms with Crippen molar-refractivity contribution in [2.45, 2.75) is 19.5 Å². The van der Waals surface area contributed by atoms with Gasteiger partial charge in [-0.3, -0.25) is 0 Å². The molecule has 0 bridgehead atoms. The van der Waals surface area contributed by atoms with E-state index in [0.29, 0.717) is 23.9 Å². The van der Waals surface area contributed by atoms with Crippen molar-refractivity contribution in [3.63, 3.8) is 0 Å². The maximum atomic E-state index is 13.5. The van der Waals surface area contributed by atoms with Crippen LogP contribution in [0.5, 0.6) is 5.75 Å². The average Bonchev–Trinajstić information content (AvgIpc) is 3.09. The smallest absolute Gasteiger partial charge is 0.418 e. The molecule has 0 radical (unpaired) electrons. The molecule has 10 heteroatoms. The molecule has 0 aliphatic heterocycles. The summed E-state index contributed by atoms with van der Waals surface area (Å²) in [7, 11) is 1.31. The van der Waals surface area contributed by atoms with Crippen LogP contribution in [0.3, 0.4) is 0 Å². The van der Waals surface area contributed by atoms with Gasteiger partial charge in [0.15, 0.2) is 0 Å². The minimum absolute atomic E-state index is 0.00308. The second-order valence-corrected chi connectivity index (χ2v) is 5.81. The molecule has 3 aromatic rings. The van der Waals surface area contributed by atoms with Crippen molar-refractivity contribution < 1.29 is 27.4 Å². The summed E-state index contributed by atoms with van der Waals surface area (Å²) in [6, 6.07) is 4.09. The fourth-order valence-corrected chi connectivity index (χ4v) is 2.58. The number of aromatic nitrogens is 3. The Morgan fingerprint density at radius 1 is 1.22 bits per heavy atom. The van der Waals surface area contributed by atoms with E-state index >= 15 is 0 Å². The van der Waals surface area contributed by atoms with Gasteiger partial charge in [-0.2, -0.15) is 13.2 Å². The Labute approximate surface area is 152 Å². The maximum absolute atomic E-state index is 13.5. The molecule has 0 aliphatic carbocycles. The van der Waals surface area contributed by atoms with Crippen LogP contribution in [0.15, 0.2) is 22.6 Å². The number of methoxy groups -OCH3 is 1. The number of hydrogen-bond acceptors (Lipinski definition) is 7. The minimum Gasteiger partial charge on any atom is -0.497 e. The third kappa shape index (κ3) is 3.95. The third-order valence-corrected chi connectivity index (χ3v) is 3.89. The molecule has 0 unspecified atom stereocenters. The van der Waals surface area contributed by atoms with Gasteiger partial charge in [-0.1, -0.05) is 5.10 Å². The Balaban J connectivity index is 2.08. The third-order valence-electron chi connectivity index (χ3n) is 3.89. The van der Waals surface area contributed by atoms with Crippen molar-refractivity contribution >= 4 is 16.9 Å². The molecule has 0 spiro atoms. The fourth-order valence-electron chi connectivity index (χ4n) is 2.58. The largest absolute Gasteiger partial charge is 0.497 e. The molecule has 2 heterocycles. The molecule has 0 saturated heterocycles. The number of pyridine rings is 1. The van der Waals surface area contributed by atoms with Crippen LogP contribution >= 0.6 is 0 Å². The lowest BCUT2D eigenvalue weighted by Gasteiger charge is -2.14. The number of halogens is 3. The van der Waals surface area contributed by atoms with Gasteiger partial charge in [-0.05, 0) is 37.1 Å². The van der Waals surface area contributed by atoms with Gasteiger partial charge in [0, 0.05) is 18.5 Å². The van der Waals surface area contributed by atoms with Crippen molar-refractivity contribution in [1.82, 2.24) is 15.2 Å². The number of nitrogens with one attached hydrogen (secondary N) is 1. The Bertz CT molecular complexity index is 956. The van der Waals surface area contributed by atoms with Gasteiger partial charge in [-0.15, -0.1) is 5.10 Å². The molecule has 144 valence electrons. The highest BCUT2D eigenvalue weighted by molar-refractivity contribution is 5.88. The van der Waals surface area contributed by atoms with E-state index in [9.17, 15) is 13.2 Å². The summed E-state index contributed by atoms with van der Waals surface area (Å²) in [6.45, 7) is 2.09. The lowest BCUT2D eigenvalue weighted by atomic mass is 10.0. The first-order valence-corrected chi connectivity index (χ1v) is 8.08. The molecule has 3 rings (SSSR count). The second kappa shape index (κ2) is 7.39. The van der Waals surface area contributed by atoms with Crippen LogP contribution in [0.25, 0.3) is 22.5 Å². The van der Waals surface area contributed by atoms with Crippen LogP contribution in [-0.2, 0) is 6.18 Å². The molecule has 1 aromatic carbocycles. The summed E-state index contributed by atoms with van der Waals surface area (Å²) in [5.41, 5.74) is -0.417. The first kappa shape index (κ1) is 18.9. The molecule has 0 amide bonds. The molecular weight excluding hydrogens is 365 g/mol. The van der Waals surface area contributed by atoms with Crippen molar-refractivity contribution in [2.24, 2.45) is 0 Å². The number of aliphatic hydroxyl groups is 1. The zero-order valence-electron chi connectivity index (χ0n) is 14.6. The number of ether oxygens (including phenoxy) is 1. The van der Waals surface area contributed by atoms with Crippen molar-refractivity contribution in [3.8, 4) is 17.3 Å². The number of hydrogen-bond donors (Lipinski definition) is 2. The SMILES string of the molecule is COc1cc(C(F)(F)F)c2nc(-c3nnc(NCCCO)o3)cc(C)c2c1. The number of fused-ring (bicyclic) bond motifs is 1. The zero-order chi connectivity index (χ0) is 19.6. The summed E-state index contributed by atoms with van der Waals surface area (Å²) in [6.07, 6.45) is -4.11. The van der Waals surface area contributed by atoms with E-state index in [2.05, 4.69) is 20.5 Å². The first-order chi connectivity index (χ1) is 12.8. The van der Waals surface area contributed by atoms with E-state index in [0.717, 1.165) is 6.07 Å². The predicted molar refractivity (Wildman–Crippen MR) is 91.5 cm³/mol. The highest BCUT2D eigenvalue weighted by Crippen LogP contribution is 2.38. The van der Waals surface area contributed by atoms with Crippen LogP contribution in [0.1, 0.15) is 17.5 Å². The zero-order valence-corrected chi connectivity index (χ0v) is 14.6.